The van der Waals surface area contributed by atoms with Gasteiger partial charge in [-0.1, -0.05) is 6.42 Å². The van der Waals surface area contributed by atoms with Gasteiger partial charge in [-0.2, -0.15) is 11.8 Å². The standard InChI is InChI=1S/C15H23NOS/c1-18-12-5-2-4-11(10-12)16-9-8-13-14(16)6-3-7-15(13)17/h8-9,11-12,15,17H,2-7,10H2,1H3. The number of rotatable bonds is 2. The maximum Gasteiger partial charge on any atom is 0.0807 e. The summed E-state index contributed by atoms with van der Waals surface area (Å²) in [5, 5.41) is 10.9. The van der Waals surface area contributed by atoms with Crippen molar-refractivity contribution in [3.05, 3.63) is 23.5 Å². The summed E-state index contributed by atoms with van der Waals surface area (Å²) in [6.45, 7) is 0. The summed E-state index contributed by atoms with van der Waals surface area (Å²) < 4.78 is 2.49. The normalized spacial score (nSPS) is 32.2. The first-order valence-electron chi connectivity index (χ1n) is 7.20. The van der Waals surface area contributed by atoms with Crippen molar-refractivity contribution >= 4 is 11.8 Å². The zero-order valence-corrected chi connectivity index (χ0v) is 12.0. The Labute approximate surface area is 114 Å². The van der Waals surface area contributed by atoms with E-state index in [1.165, 1.54) is 36.9 Å². The maximum absolute atomic E-state index is 10.1. The number of aliphatic hydroxyl groups excluding tert-OH is 1. The number of hydrogen-bond donors (Lipinski definition) is 1. The molecule has 18 heavy (non-hydrogen) atoms. The summed E-state index contributed by atoms with van der Waals surface area (Å²) >= 11 is 2.02. The molecule has 1 N–H and O–H groups in total. The first-order valence-corrected chi connectivity index (χ1v) is 8.49. The quantitative estimate of drug-likeness (QED) is 0.882. The van der Waals surface area contributed by atoms with Crippen molar-refractivity contribution in [2.24, 2.45) is 0 Å². The van der Waals surface area contributed by atoms with E-state index in [2.05, 4.69) is 23.1 Å². The molecule has 1 aromatic rings. The summed E-state index contributed by atoms with van der Waals surface area (Å²) in [5.41, 5.74) is 2.62. The van der Waals surface area contributed by atoms with Crippen LogP contribution in [-0.4, -0.2) is 21.2 Å². The lowest BCUT2D eigenvalue weighted by Gasteiger charge is -2.31. The average molecular weight is 265 g/mol. The predicted molar refractivity (Wildman–Crippen MR) is 77.1 cm³/mol. The smallest absolute Gasteiger partial charge is 0.0807 e. The highest BCUT2D eigenvalue weighted by Crippen LogP contribution is 2.38. The first kappa shape index (κ1) is 12.6. The van der Waals surface area contributed by atoms with E-state index in [-0.39, 0.29) is 6.10 Å². The molecule has 3 unspecified atom stereocenters. The van der Waals surface area contributed by atoms with E-state index < -0.39 is 0 Å². The van der Waals surface area contributed by atoms with Gasteiger partial charge in [-0.25, -0.2) is 0 Å². The molecule has 3 rings (SSSR count). The SMILES string of the molecule is CSC1CCCC(n2ccc3c2CCCC3O)C1. The lowest BCUT2D eigenvalue weighted by molar-refractivity contribution is 0.155. The van der Waals surface area contributed by atoms with E-state index in [4.69, 9.17) is 0 Å². The van der Waals surface area contributed by atoms with Crippen LogP contribution < -0.4 is 0 Å². The van der Waals surface area contributed by atoms with Crippen molar-refractivity contribution in [3.63, 3.8) is 0 Å². The third-order valence-corrected chi connectivity index (χ3v) is 5.73. The van der Waals surface area contributed by atoms with Crippen LogP contribution in [0.2, 0.25) is 0 Å². The molecule has 1 fully saturated rings. The van der Waals surface area contributed by atoms with Gasteiger partial charge < -0.3 is 9.67 Å². The number of aliphatic hydroxyl groups is 1. The van der Waals surface area contributed by atoms with Crippen molar-refractivity contribution < 1.29 is 5.11 Å². The molecule has 0 bridgehead atoms. The fourth-order valence-corrected chi connectivity index (χ4v) is 4.44. The van der Waals surface area contributed by atoms with Crippen molar-refractivity contribution in [3.8, 4) is 0 Å². The molecule has 100 valence electrons. The highest BCUT2D eigenvalue weighted by atomic mass is 32.2. The molecule has 2 aliphatic rings. The molecule has 0 saturated heterocycles. The van der Waals surface area contributed by atoms with Gasteiger partial charge in [0.25, 0.3) is 0 Å². The van der Waals surface area contributed by atoms with Crippen LogP contribution in [0, 0.1) is 0 Å². The van der Waals surface area contributed by atoms with Crippen LogP contribution in [0.1, 0.15) is 61.9 Å². The van der Waals surface area contributed by atoms with E-state index in [0.29, 0.717) is 6.04 Å². The molecule has 0 aliphatic heterocycles. The Morgan fingerprint density at radius 3 is 3.00 bits per heavy atom. The van der Waals surface area contributed by atoms with E-state index in [9.17, 15) is 5.11 Å². The van der Waals surface area contributed by atoms with E-state index in [1.54, 1.807) is 0 Å². The van der Waals surface area contributed by atoms with Crippen LogP contribution in [0.4, 0.5) is 0 Å². The van der Waals surface area contributed by atoms with E-state index in [0.717, 1.165) is 24.5 Å². The second kappa shape index (κ2) is 5.30. The molecule has 2 nitrogen and oxygen atoms in total. The maximum atomic E-state index is 10.1. The molecule has 3 heteroatoms. The van der Waals surface area contributed by atoms with Gasteiger partial charge in [-0.05, 0) is 50.8 Å². The summed E-state index contributed by atoms with van der Waals surface area (Å²) in [4.78, 5) is 0. The van der Waals surface area contributed by atoms with Crippen LogP contribution in [0.5, 0.6) is 0 Å². The third-order valence-electron chi connectivity index (χ3n) is 4.63. The minimum atomic E-state index is -0.213. The summed E-state index contributed by atoms with van der Waals surface area (Å²) in [7, 11) is 0. The summed E-state index contributed by atoms with van der Waals surface area (Å²) in [5.74, 6) is 0. The average Bonchev–Trinajstić information content (AvgIpc) is 2.84. The Morgan fingerprint density at radius 1 is 1.28 bits per heavy atom. The van der Waals surface area contributed by atoms with Crippen LogP contribution in [-0.2, 0) is 6.42 Å². The van der Waals surface area contributed by atoms with Crippen molar-refractivity contribution in [2.45, 2.75) is 62.3 Å². The van der Waals surface area contributed by atoms with Crippen molar-refractivity contribution in [2.75, 3.05) is 6.26 Å². The third kappa shape index (κ3) is 2.23. The van der Waals surface area contributed by atoms with Crippen molar-refractivity contribution in [1.29, 1.82) is 0 Å². The Hall–Kier alpha value is -0.410. The van der Waals surface area contributed by atoms with Gasteiger partial charge in [0, 0.05) is 28.7 Å². The molecular weight excluding hydrogens is 242 g/mol. The van der Waals surface area contributed by atoms with E-state index in [1.807, 2.05) is 11.8 Å². The van der Waals surface area contributed by atoms with Crippen LogP contribution in [0.3, 0.4) is 0 Å². The molecule has 2 aliphatic carbocycles. The Bertz CT molecular complexity index is 415. The second-order valence-electron chi connectivity index (χ2n) is 5.71. The Balaban J connectivity index is 1.84. The highest BCUT2D eigenvalue weighted by Gasteiger charge is 2.27. The number of hydrogen-bond acceptors (Lipinski definition) is 2. The van der Waals surface area contributed by atoms with Gasteiger partial charge in [-0.3, -0.25) is 0 Å². The number of aromatic nitrogens is 1. The summed E-state index contributed by atoms with van der Waals surface area (Å²) in [6, 6.07) is 2.83. The zero-order chi connectivity index (χ0) is 12.5. The number of nitrogens with zero attached hydrogens (tertiary/aromatic N) is 1. The largest absolute Gasteiger partial charge is 0.388 e. The van der Waals surface area contributed by atoms with Gasteiger partial charge in [-0.15, -0.1) is 0 Å². The molecule has 1 heterocycles. The molecular formula is C15H23NOS. The van der Waals surface area contributed by atoms with Crippen LogP contribution in [0.25, 0.3) is 0 Å². The van der Waals surface area contributed by atoms with Crippen LogP contribution >= 0.6 is 11.8 Å². The molecule has 3 atom stereocenters. The fraction of sp³-hybridized carbons (Fsp3) is 0.733. The molecule has 1 aromatic heterocycles. The van der Waals surface area contributed by atoms with Gasteiger partial charge in [0.15, 0.2) is 0 Å². The van der Waals surface area contributed by atoms with Crippen molar-refractivity contribution in [1.82, 2.24) is 4.57 Å². The Kier molecular flexibility index (Phi) is 3.71. The number of fused-ring (bicyclic) bond motifs is 1. The first-order chi connectivity index (χ1) is 8.79. The predicted octanol–water partition coefficient (Wildman–Crippen LogP) is 3.70. The van der Waals surface area contributed by atoms with Gasteiger partial charge in [0.1, 0.15) is 0 Å². The van der Waals surface area contributed by atoms with Gasteiger partial charge >= 0.3 is 0 Å². The highest BCUT2D eigenvalue weighted by molar-refractivity contribution is 7.99. The molecule has 0 spiro atoms. The lowest BCUT2D eigenvalue weighted by atomic mass is 9.92. The fourth-order valence-electron chi connectivity index (χ4n) is 3.62. The van der Waals surface area contributed by atoms with Gasteiger partial charge in [0.2, 0.25) is 0 Å². The zero-order valence-electron chi connectivity index (χ0n) is 11.1. The summed E-state index contributed by atoms with van der Waals surface area (Å²) in [6.07, 6.45) is 12.8. The molecule has 0 amide bonds. The molecule has 1 saturated carbocycles. The number of thioether (sulfide) groups is 1. The lowest BCUT2D eigenvalue weighted by Crippen LogP contribution is -2.22. The Morgan fingerprint density at radius 2 is 2.17 bits per heavy atom. The molecule has 0 aromatic carbocycles. The van der Waals surface area contributed by atoms with E-state index >= 15 is 0 Å². The second-order valence-corrected chi connectivity index (χ2v) is 6.85. The minimum absolute atomic E-state index is 0.213. The monoisotopic (exact) mass is 265 g/mol. The van der Waals surface area contributed by atoms with Gasteiger partial charge in [0.05, 0.1) is 6.10 Å². The minimum Gasteiger partial charge on any atom is -0.388 e. The molecule has 0 radical (unpaired) electrons. The topological polar surface area (TPSA) is 25.2 Å². The van der Waals surface area contributed by atoms with Crippen LogP contribution in [0.15, 0.2) is 12.3 Å².